The first-order valence-electron chi connectivity index (χ1n) is 8.51. The number of nitrogens with one attached hydrogen (secondary N) is 1. The van der Waals surface area contributed by atoms with Crippen LogP contribution in [0.2, 0.25) is 0 Å². The lowest BCUT2D eigenvalue weighted by atomic mass is 9.95. The van der Waals surface area contributed by atoms with Crippen molar-refractivity contribution in [3.8, 4) is 11.5 Å². The van der Waals surface area contributed by atoms with Gasteiger partial charge in [-0.3, -0.25) is 9.78 Å². The van der Waals surface area contributed by atoms with Crippen molar-refractivity contribution in [1.82, 2.24) is 10.3 Å². The summed E-state index contributed by atoms with van der Waals surface area (Å²) in [5.74, 6) is 0.356. The van der Waals surface area contributed by atoms with Crippen molar-refractivity contribution in [3.63, 3.8) is 0 Å². The van der Waals surface area contributed by atoms with E-state index in [1.54, 1.807) is 30.5 Å². The highest BCUT2D eigenvalue weighted by Crippen LogP contribution is 2.31. The predicted octanol–water partition coefficient (Wildman–Crippen LogP) is 3.00. The Morgan fingerprint density at radius 2 is 2.24 bits per heavy atom. The molecule has 5 nitrogen and oxygen atoms in total. The third kappa shape index (κ3) is 4.33. The summed E-state index contributed by atoms with van der Waals surface area (Å²) >= 11 is 0. The summed E-state index contributed by atoms with van der Waals surface area (Å²) in [7, 11) is 0. The molecule has 1 aliphatic rings. The lowest BCUT2D eigenvalue weighted by Crippen LogP contribution is -2.34. The van der Waals surface area contributed by atoms with Gasteiger partial charge in [0.05, 0.1) is 6.20 Å². The second kappa shape index (κ2) is 8.07. The molecular weight excluding hydrogens is 321 g/mol. The Labute approximate surface area is 146 Å². The first-order chi connectivity index (χ1) is 12.2. The molecule has 1 aromatic heterocycles. The van der Waals surface area contributed by atoms with Gasteiger partial charge in [0.2, 0.25) is 5.91 Å². The number of ether oxygens (including phenoxy) is 1. The minimum Gasteiger partial charge on any atom is -0.453 e. The van der Waals surface area contributed by atoms with E-state index in [0.29, 0.717) is 17.9 Å². The summed E-state index contributed by atoms with van der Waals surface area (Å²) in [5.41, 5.74) is 6.41. The minimum atomic E-state index is -0.476. The molecule has 1 saturated carbocycles. The van der Waals surface area contributed by atoms with Crippen LogP contribution in [0.3, 0.4) is 0 Å². The second-order valence-corrected chi connectivity index (χ2v) is 6.31. The Morgan fingerprint density at radius 1 is 1.36 bits per heavy atom. The summed E-state index contributed by atoms with van der Waals surface area (Å²) in [4.78, 5) is 16.2. The highest BCUT2D eigenvalue weighted by Gasteiger charge is 2.31. The normalized spacial score (nSPS) is 19.6. The molecule has 2 atom stereocenters. The Hall–Kier alpha value is -2.47. The van der Waals surface area contributed by atoms with Gasteiger partial charge < -0.3 is 15.8 Å². The fourth-order valence-electron chi connectivity index (χ4n) is 3.26. The largest absolute Gasteiger partial charge is 0.453 e. The number of halogens is 1. The zero-order valence-electron chi connectivity index (χ0n) is 14.0. The van der Waals surface area contributed by atoms with E-state index in [0.717, 1.165) is 19.3 Å². The lowest BCUT2D eigenvalue weighted by molar-refractivity contribution is -0.126. The van der Waals surface area contributed by atoms with Crippen molar-refractivity contribution < 1.29 is 13.9 Å². The quantitative estimate of drug-likeness (QED) is 0.845. The van der Waals surface area contributed by atoms with Crippen LogP contribution in [-0.2, 0) is 11.3 Å². The molecule has 1 aromatic carbocycles. The Balaban J connectivity index is 1.58. The topological polar surface area (TPSA) is 77.2 Å². The molecule has 1 aliphatic carbocycles. The van der Waals surface area contributed by atoms with E-state index in [1.807, 2.05) is 0 Å². The summed E-state index contributed by atoms with van der Waals surface area (Å²) < 4.78 is 19.7. The standard InChI is InChI=1S/C19H22FN3O2/c20-17-9-13(6-7-18(17)25-15-4-2-8-22-12-15)11-23-19(24)16-5-1-3-14(16)10-21/h2,4,6-9,12,14,16H,1,3,5,10-11,21H2,(H,23,24)/t14-,16-/m1/s1. The van der Waals surface area contributed by atoms with E-state index in [1.165, 1.54) is 12.3 Å². The molecule has 6 heteroatoms. The zero-order chi connectivity index (χ0) is 17.6. The highest BCUT2D eigenvalue weighted by atomic mass is 19.1. The summed E-state index contributed by atoms with van der Waals surface area (Å²) in [5, 5.41) is 2.89. The summed E-state index contributed by atoms with van der Waals surface area (Å²) in [6, 6.07) is 8.10. The summed E-state index contributed by atoms with van der Waals surface area (Å²) in [6.07, 6.45) is 6.05. The van der Waals surface area contributed by atoms with Gasteiger partial charge in [0.15, 0.2) is 11.6 Å². The van der Waals surface area contributed by atoms with Crippen LogP contribution >= 0.6 is 0 Å². The number of nitrogens with zero attached hydrogens (tertiary/aromatic N) is 1. The number of nitrogens with two attached hydrogens (primary N) is 1. The van der Waals surface area contributed by atoms with Gasteiger partial charge in [-0.15, -0.1) is 0 Å². The SMILES string of the molecule is NC[C@H]1CCC[C@H]1C(=O)NCc1ccc(Oc2cccnc2)c(F)c1. The van der Waals surface area contributed by atoms with Crippen molar-refractivity contribution in [2.24, 2.45) is 17.6 Å². The molecule has 1 amide bonds. The molecule has 0 saturated heterocycles. The highest BCUT2D eigenvalue weighted by molar-refractivity contribution is 5.79. The van der Waals surface area contributed by atoms with Crippen LogP contribution in [0.15, 0.2) is 42.7 Å². The number of hydrogen-bond acceptors (Lipinski definition) is 4. The van der Waals surface area contributed by atoms with Crippen molar-refractivity contribution in [3.05, 3.63) is 54.1 Å². The molecule has 0 spiro atoms. The molecule has 0 aliphatic heterocycles. The van der Waals surface area contributed by atoms with Gasteiger partial charge >= 0.3 is 0 Å². The van der Waals surface area contributed by atoms with Crippen molar-refractivity contribution in [1.29, 1.82) is 0 Å². The van der Waals surface area contributed by atoms with E-state index in [9.17, 15) is 9.18 Å². The fourth-order valence-corrected chi connectivity index (χ4v) is 3.26. The van der Waals surface area contributed by atoms with Crippen LogP contribution in [0.5, 0.6) is 11.5 Å². The lowest BCUT2D eigenvalue weighted by Gasteiger charge is -2.17. The average Bonchev–Trinajstić information content (AvgIpc) is 3.11. The van der Waals surface area contributed by atoms with Crippen molar-refractivity contribution >= 4 is 5.91 Å². The van der Waals surface area contributed by atoms with Gasteiger partial charge in [-0.05, 0) is 55.1 Å². The van der Waals surface area contributed by atoms with Crippen LogP contribution in [0.1, 0.15) is 24.8 Å². The molecule has 0 radical (unpaired) electrons. The molecule has 3 rings (SSSR count). The minimum absolute atomic E-state index is 0.00375. The number of benzene rings is 1. The number of carbonyl (C=O) groups excluding carboxylic acids is 1. The first-order valence-corrected chi connectivity index (χ1v) is 8.51. The molecule has 2 aromatic rings. The van der Waals surface area contributed by atoms with E-state index < -0.39 is 5.82 Å². The number of rotatable bonds is 6. The Bertz CT molecular complexity index is 724. The average molecular weight is 343 g/mol. The maximum absolute atomic E-state index is 14.2. The molecule has 1 heterocycles. The number of aromatic nitrogens is 1. The second-order valence-electron chi connectivity index (χ2n) is 6.31. The monoisotopic (exact) mass is 343 g/mol. The van der Waals surface area contributed by atoms with Crippen LogP contribution in [0.4, 0.5) is 4.39 Å². The van der Waals surface area contributed by atoms with Gasteiger partial charge in [-0.1, -0.05) is 12.5 Å². The molecule has 25 heavy (non-hydrogen) atoms. The molecule has 1 fully saturated rings. The van der Waals surface area contributed by atoms with Gasteiger partial charge in [0.25, 0.3) is 0 Å². The molecule has 0 bridgehead atoms. The Morgan fingerprint density at radius 3 is 2.96 bits per heavy atom. The molecule has 132 valence electrons. The summed E-state index contributed by atoms with van der Waals surface area (Å²) in [6.45, 7) is 0.823. The molecule has 3 N–H and O–H groups in total. The Kier molecular flexibility index (Phi) is 5.60. The zero-order valence-corrected chi connectivity index (χ0v) is 14.0. The third-order valence-electron chi connectivity index (χ3n) is 4.62. The number of pyridine rings is 1. The maximum atomic E-state index is 14.2. The van der Waals surface area contributed by atoms with E-state index >= 15 is 0 Å². The van der Waals surface area contributed by atoms with Crippen LogP contribution in [0.25, 0.3) is 0 Å². The smallest absolute Gasteiger partial charge is 0.223 e. The van der Waals surface area contributed by atoms with Gasteiger partial charge in [0, 0.05) is 18.7 Å². The van der Waals surface area contributed by atoms with Crippen LogP contribution < -0.4 is 15.8 Å². The van der Waals surface area contributed by atoms with E-state index in [4.69, 9.17) is 10.5 Å². The van der Waals surface area contributed by atoms with Crippen molar-refractivity contribution in [2.45, 2.75) is 25.8 Å². The fraction of sp³-hybridized carbons (Fsp3) is 0.368. The van der Waals surface area contributed by atoms with Crippen molar-refractivity contribution in [2.75, 3.05) is 6.54 Å². The van der Waals surface area contributed by atoms with Crippen LogP contribution in [-0.4, -0.2) is 17.4 Å². The predicted molar refractivity (Wildman–Crippen MR) is 92.4 cm³/mol. The number of hydrogen-bond donors (Lipinski definition) is 2. The number of amides is 1. The molecular formula is C19H22FN3O2. The van der Waals surface area contributed by atoms with E-state index in [-0.39, 0.29) is 30.0 Å². The van der Waals surface area contributed by atoms with Gasteiger partial charge in [0.1, 0.15) is 5.75 Å². The van der Waals surface area contributed by atoms with Gasteiger partial charge in [-0.25, -0.2) is 4.39 Å². The third-order valence-corrected chi connectivity index (χ3v) is 4.62. The van der Waals surface area contributed by atoms with Gasteiger partial charge in [-0.2, -0.15) is 0 Å². The number of carbonyl (C=O) groups is 1. The first kappa shape index (κ1) is 17.4. The van der Waals surface area contributed by atoms with Crippen LogP contribution in [0, 0.1) is 17.7 Å². The van der Waals surface area contributed by atoms with E-state index in [2.05, 4.69) is 10.3 Å². The molecule has 0 unspecified atom stereocenters. The maximum Gasteiger partial charge on any atom is 0.223 e.